The van der Waals surface area contributed by atoms with Crippen molar-refractivity contribution < 1.29 is 14.3 Å². The molecule has 0 N–H and O–H groups in total. The summed E-state index contributed by atoms with van der Waals surface area (Å²) in [6.45, 7) is 4.09. The van der Waals surface area contributed by atoms with Crippen LogP contribution in [-0.2, 0) is 16.0 Å². The second-order valence-electron chi connectivity index (χ2n) is 5.87. The van der Waals surface area contributed by atoms with E-state index in [1.807, 2.05) is 25.1 Å². The van der Waals surface area contributed by atoms with Crippen molar-refractivity contribution in [2.75, 3.05) is 33.9 Å². The third-order valence-corrected chi connectivity index (χ3v) is 4.15. The maximum absolute atomic E-state index is 12.5. The van der Waals surface area contributed by atoms with Gasteiger partial charge in [-0.15, -0.1) is 0 Å². The molecule has 1 aromatic rings. The zero-order valence-electron chi connectivity index (χ0n) is 13.2. The molecule has 116 valence electrons. The molecule has 0 amide bonds. The summed E-state index contributed by atoms with van der Waals surface area (Å²) in [5, 5.41) is 0. The van der Waals surface area contributed by atoms with Gasteiger partial charge in [-0.2, -0.15) is 0 Å². The Hall–Kier alpha value is -1.55. The highest BCUT2D eigenvalue weighted by molar-refractivity contribution is 5.77. The highest BCUT2D eigenvalue weighted by Gasteiger charge is 2.42. The number of benzene rings is 1. The Labute approximate surface area is 127 Å². The summed E-state index contributed by atoms with van der Waals surface area (Å²) in [5.74, 6) is 0.759. The number of carbonyl (C=O) groups is 1. The lowest BCUT2D eigenvalue weighted by Gasteiger charge is -2.39. The number of rotatable bonds is 5. The van der Waals surface area contributed by atoms with Crippen LogP contribution in [0.2, 0.25) is 0 Å². The van der Waals surface area contributed by atoms with Crippen LogP contribution in [0.25, 0.3) is 0 Å². The van der Waals surface area contributed by atoms with Crippen LogP contribution < -0.4 is 4.74 Å². The van der Waals surface area contributed by atoms with E-state index in [4.69, 9.17) is 9.47 Å². The highest BCUT2D eigenvalue weighted by atomic mass is 16.5. The first kappa shape index (κ1) is 15.8. The zero-order chi connectivity index (χ0) is 15.3. The number of ether oxygens (including phenoxy) is 2. The van der Waals surface area contributed by atoms with Crippen LogP contribution in [0.5, 0.6) is 5.75 Å². The van der Waals surface area contributed by atoms with Gasteiger partial charge in [0.05, 0.1) is 19.1 Å². The fourth-order valence-corrected chi connectivity index (χ4v) is 3.20. The molecular weight excluding hydrogens is 266 g/mol. The van der Waals surface area contributed by atoms with Gasteiger partial charge in [0.2, 0.25) is 0 Å². The van der Waals surface area contributed by atoms with Gasteiger partial charge in [0.1, 0.15) is 5.75 Å². The van der Waals surface area contributed by atoms with Crippen LogP contribution in [-0.4, -0.2) is 44.7 Å². The average Bonchev–Trinajstić information content (AvgIpc) is 2.47. The van der Waals surface area contributed by atoms with Crippen LogP contribution in [0, 0.1) is 5.41 Å². The number of carbonyl (C=O) groups excluding carboxylic acids is 1. The Kier molecular flexibility index (Phi) is 5.23. The molecule has 1 saturated heterocycles. The van der Waals surface area contributed by atoms with Crippen molar-refractivity contribution in [1.29, 1.82) is 0 Å². The van der Waals surface area contributed by atoms with Crippen molar-refractivity contribution in [2.24, 2.45) is 5.41 Å². The molecule has 1 aliphatic heterocycles. The lowest BCUT2D eigenvalue weighted by Crippen LogP contribution is -2.48. The molecule has 1 fully saturated rings. The molecule has 1 aromatic carbocycles. The normalized spacial score (nSPS) is 22.8. The molecule has 0 spiro atoms. The minimum absolute atomic E-state index is 0.0700. The summed E-state index contributed by atoms with van der Waals surface area (Å²) in [4.78, 5) is 14.8. The van der Waals surface area contributed by atoms with Gasteiger partial charge in [-0.05, 0) is 57.5 Å². The predicted octanol–water partition coefficient (Wildman–Crippen LogP) is 2.51. The Balaban J connectivity index is 2.24. The average molecular weight is 291 g/mol. The van der Waals surface area contributed by atoms with E-state index in [-0.39, 0.29) is 5.97 Å². The molecule has 1 atom stereocenters. The van der Waals surface area contributed by atoms with Crippen molar-refractivity contribution in [3.05, 3.63) is 29.8 Å². The quantitative estimate of drug-likeness (QED) is 0.781. The van der Waals surface area contributed by atoms with Gasteiger partial charge in [-0.25, -0.2) is 0 Å². The molecule has 1 unspecified atom stereocenters. The first-order chi connectivity index (χ1) is 10.1. The Morgan fingerprint density at radius 2 is 2.24 bits per heavy atom. The summed E-state index contributed by atoms with van der Waals surface area (Å²) < 4.78 is 10.6. The third kappa shape index (κ3) is 3.76. The van der Waals surface area contributed by atoms with Crippen molar-refractivity contribution in [1.82, 2.24) is 4.90 Å². The van der Waals surface area contributed by atoms with Crippen LogP contribution in [0.15, 0.2) is 24.3 Å². The Morgan fingerprint density at radius 1 is 1.43 bits per heavy atom. The fraction of sp³-hybridized carbons (Fsp3) is 0.588. The minimum atomic E-state index is -0.435. The van der Waals surface area contributed by atoms with Crippen LogP contribution in [0.1, 0.15) is 25.3 Å². The maximum Gasteiger partial charge on any atom is 0.313 e. The number of esters is 1. The second-order valence-corrected chi connectivity index (χ2v) is 5.87. The van der Waals surface area contributed by atoms with Gasteiger partial charge in [-0.3, -0.25) is 4.79 Å². The van der Waals surface area contributed by atoms with Crippen LogP contribution >= 0.6 is 0 Å². The monoisotopic (exact) mass is 291 g/mol. The van der Waals surface area contributed by atoms with Crippen molar-refractivity contribution in [3.63, 3.8) is 0 Å². The number of nitrogens with zero attached hydrogens (tertiary/aromatic N) is 1. The molecule has 1 aliphatic rings. The van der Waals surface area contributed by atoms with Crippen molar-refractivity contribution in [2.45, 2.75) is 26.2 Å². The minimum Gasteiger partial charge on any atom is -0.497 e. The molecular formula is C17H25NO3. The lowest BCUT2D eigenvalue weighted by molar-refractivity contribution is -0.158. The molecule has 0 aromatic heterocycles. The number of likely N-dealkylation sites (tertiary alicyclic amines) is 1. The SMILES string of the molecule is CCOC(=O)C1(Cc2cccc(OC)c2)CCCN(C)C1. The molecule has 4 heteroatoms. The van der Waals surface area contributed by atoms with E-state index in [0.717, 1.165) is 37.2 Å². The molecule has 4 nitrogen and oxygen atoms in total. The predicted molar refractivity (Wildman–Crippen MR) is 82.5 cm³/mol. The van der Waals surface area contributed by atoms with Gasteiger partial charge in [0.15, 0.2) is 0 Å². The smallest absolute Gasteiger partial charge is 0.313 e. The lowest BCUT2D eigenvalue weighted by atomic mass is 9.75. The standard InChI is InChI=1S/C17H25NO3/c1-4-21-16(19)17(9-6-10-18(2)13-17)12-14-7-5-8-15(11-14)20-3/h5,7-8,11H,4,6,9-10,12-13H2,1-3H3. The van der Waals surface area contributed by atoms with E-state index in [0.29, 0.717) is 13.0 Å². The van der Waals surface area contributed by atoms with Gasteiger partial charge >= 0.3 is 5.97 Å². The van der Waals surface area contributed by atoms with Crippen molar-refractivity contribution in [3.8, 4) is 5.75 Å². The molecule has 21 heavy (non-hydrogen) atoms. The van der Waals surface area contributed by atoms with Crippen LogP contribution in [0.4, 0.5) is 0 Å². The van der Waals surface area contributed by atoms with E-state index < -0.39 is 5.41 Å². The summed E-state index contributed by atoms with van der Waals surface area (Å²) in [6, 6.07) is 7.96. The third-order valence-electron chi connectivity index (χ3n) is 4.15. The molecule has 0 bridgehead atoms. The first-order valence-electron chi connectivity index (χ1n) is 7.58. The topological polar surface area (TPSA) is 38.8 Å². The van der Waals surface area contributed by atoms with E-state index in [9.17, 15) is 4.79 Å². The zero-order valence-corrected chi connectivity index (χ0v) is 13.2. The molecule has 0 saturated carbocycles. The Morgan fingerprint density at radius 3 is 2.90 bits per heavy atom. The Bertz CT molecular complexity index is 489. The van der Waals surface area contributed by atoms with E-state index in [1.165, 1.54) is 0 Å². The summed E-state index contributed by atoms with van der Waals surface area (Å²) >= 11 is 0. The van der Waals surface area contributed by atoms with Gasteiger partial charge in [-0.1, -0.05) is 12.1 Å². The van der Waals surface area contributed by atoms with Gasteiger partial charge in [0.25, 0.3) is 0 Å². The summed E-state index contributed by atoms with van der Waals surface area (Å²) in [6.07, 6.45) is 2.61. The first-order valence-corrected chi connectivity index (χ1v) is 7.58. The molecule has 2 rings (SSSR count). The molecule has 0 radical (unpaired) electrons. The number of piperidine rings is 1. The second kappa shape index (κ2) is 6.94. The maximum atomic E-state index is 12.5. The van der Waals surface area contributed by atoms with Crippen LogP contribution in [0.3, 0.4) is 0 Å². The number of hydrogen-bond acceptors (Lipinski definition) is 4. The number of methoxy groups -OCH3 is 1. The van der Waals surface area contributed by atoms with Gasteiger partial charge in [0, 0.05) is 6.54 Å². The van der Waals surface area contributed by atoms with Gasteiger partial charge < -0.3 is 14.4 Å². The van der Waals surface area contributed by atoms with Crippen molar-refractivity contribution >= 4 is 5.97 Å². The van der Waals surface area contributed by atoms with E-state index in [2.05, 4.69) is 18.0 Å². The molecule has 0 aliphatic carbocycles. The number of hydrogen-bond donors (Lipinski definition) is 0. The fourth-order valence-electron chi connectivity index (χ4n) is 3.20. The van der Waals surface area contributed by atoms with E-state index >= 15 is 0 Å². The summed E-state index contributed by atoms with van der Waals surface area (Å²) in [5.41, 5.74) is 0.688. The largest absolute Gasteiger partial charge is 0.497 e. The van der Waals surface area contributed by atoms with E-state index in [1.54, 1.807) is 7.11 Å². The summed E-state index contributed by atoms with van der Waals surface area (Å²) in [7, 11) is 3.73. The highest BCUT2D eigenvalue weighted by Crippen LogP contribution is 2.35. The molecule has 1 heterocycles.